The third kappa shape index (κ3) is 3.44. The van der Waals surface area contributed by atoms with Crippen LogP contribution >= 0.6 is 11.3 Å². The van der Waals surface area contributed by atoms with Gasteiger partial charge in [-0.1, -0.05) is 0 Å². The van der Waals surface area contributed by atoms with Gasteiger partial charge in [0.2, 0.25) is 10.0 Å². The van der Waals surface area contributed by atoms with E-state index in [4.69, 9.17) is 4.42 Å². The molecule has 0 radical (unpaired) electrons. The van der Waals surface area contributed by atoms with Gasteiger partial charge in [0.1, 0.15) is 21.8 Å². The van der Waals surface area contributed by atoms with E-state index in [1.54, 1.807) is 31.2 Å². The second kappa shape index (κ2) is 5.46. The van der Waals surface area contributed by atoms with E-state index < -0.39 is 16.1 Å². The monoisotopic (exact) mass is 301 g/mol. The van der Waals surface area contributed by atoms with Crippen molar-refractivity contribution in [1.82, 2.24) is 4.72 Å². The van der Waals surface area contributed by atoms with Gasteiger partial charge in [0.25, 0.3) is 0 Å². The fourth-order valence-electron chi connectivity index (χ4n) is 1.55. The molecule has 0 amide bonds. The van der Waals surface area contributed by atoms with Crippen LogP contribution in [0.4, 0.5) is 0 Å². The van der Waals surface area contributed by atoms with Crippen molar-refractivity contribution in [3.63, 3.8) is 0 Å². The summed E-state index contributed by atoms with van der Waals surface area (Å²) in [6.45, 7) is 3.48. The van der Waals surface area contributed by atoms with E-state index in [0.29, 0.717) is 11.5 Å². The third-order valence-electron chi connectivity index (χ3n) is 2.54. The van der Waals surface area contributed by atoms with Gasteiger partial charge in [-0.05, 0) is 38.1 Å². The summed E-state index contributed by atoms with van der Waals surface area (Å²) in [6.07, 6.45) is -0.996. The van der Waals surface area contributed by atoms with Gasteiger partial charge in [-0.15, -0.1) is 11.3 Å². The lowest BCUT2D eigenvalue weighted by Crippen LogP contribution is -2.27. The molecule has 0 aliphatic carbocycles. The van der Waals surface area contributed by atoms with Gasteiger partial charge in [0, 0.05) is 11.4 Å². The molecule has 7 heteroatoms. The maximum atomic E-state index is 11.9. The smallest absolute Gasteiger partial charge is 0.250 e. The largest absolute Gasteiger partial charge is 0.464 e. The Morgan fingerprint density at radius 3 is 2.58 bits per heavy atom. The molecule has 0 saturated heterocycles. The number of rotatable bonds is 5. The number of hydrogen-bond acceptors (Lipinski definition) is 5. The second-order valence-electron chi connectivity index (χ2n) is 4.18. The molecule has 2 N–H and O–H groups in total. The van der Waals surface area contributed by atoms with Crippen molar-refractivity contribution in [2.45, 2.75) is 24.2 Å². The summed E-state index contributed by atoms with van der Waals surface area (Å²) in [4.78, 5) is 0.919. The van der Waals surface area contributed by atoms with Crippen LogP contribution in [0.15, 0.2) is 32.9 Å². The van der Waals surface area contributed by atoms with Crippen molar-refractivity contribution < 1.29 is 17.9 Å². The molecule has 2 heterocycles. The zero-order valence-corrected chi connectivity index (χ0v) is 12.2. The summed E-state index contributed by atoms with van der Waals surface area (Å²) in [6, 6.07) is 6.64. The highest BCUT2D eigenvalue weighted by atomic mass is 32.2. The molecule has 5 nitrogen and oxygen atoms in total. The van der Waals surface area contributed by atoms with Crippen LogP contribution in [0.5, 0.6) is 0 Å². The Bertz CT molecular complexity index is 657. The molecule has 0 aromatic carbocycles. The van der Waals surface area contributed by atoms with Crippen LogP contribution in [-0.2, 0) is 10.0 Å². The van der Waals surface area contributed by atoms with Crippen LogP contribution in [0.3, 0.4) is 0 Å². The number of hydrogen-bond donors (Lipinski definition) is 2. The van der Waals surface area contributed by atoms with Crippen molar-refractivity contribution in [3.8, 4) is 0 Å². The molecular weight excluding hydrogens is 286 g/mol. The minimum Gasteiger partial charge on any atom is -0.464 e. The van der Waals surface area contributed by atoms with Crippen LogP contribution < -0.4 is 4.72 Å². The van der Waals surface area contributed by atoms with Crippen LogP contribution in [0.25, 0.3) is 0 Å². The molecule has 0 saturated carbocycles. The maximum Gasteiger partial charge on any atom is 0.250 e. The molecule has 0 fully saturated rings. The molecule has 0 aliphatic rings. The van der Waals surface area contributed by atoms with E-state index in [2.05, 4.69) is 4.72 Å². The standard InChI is InChI=1S/C12H15NO4S2/c1-8-3-5-11(17-8)10(14)7-13-19(15,16)12-6-4-9(2)18-12/h3-6,10,13-14H,7H2,1-2H3. The van der Waals surface area contributed by atoms with E-state index in [1.807, 2.05) is 6.92 Å². The quantitative estimate of drug-likeness (QED) is 0.885. The van der Waals surface area contributed by atoms with Crippen molar-refractivity contribution in [3.05, 3.63) is 40.7 Å². The zero-order chi connectivity index (χ0) is 14.0. The number of thiophene rings is 1. The first-order chi connectivity index (χ1) is 8.88. The van der Waals surface area contributed by atoms with E-state index in [9.17, 15) is 13.5 Å². The van der Waals surface area contributed by atoms with Gasteiger partial charge in [0.05, 0.1) is 0 Å². The third-order valence-corrected chi connectivity index (χ3v) is 5.45. The highest BCUT2D eigenvalue weighted by Gasteiger charge is 2.19. The average Bonchev–Trinajstić information content (AvgIpc) is 2.95. The van der Waals surface area contributed by atoms with E-state index in [-0.39, 0.29) is 10.8 Å². The Morgan fingerprint density at radius 2 is 2.05 bits per heavy atom. The molecule has 19 heavy (non-hydrogen) atoms. The van der Waals surface area contributed by atoms with Crippen LogP contribution in [-0.4, -0.2) is 20.1 Å². The van der Waals surface area contributed by atoms with E-state index in [1.165, 1.54) is 11.3 Å². The molecule has 104 valence electrons. The first-order valence-electron chi connectivity index (χ1n) is 5.69. The Morgan fingerprint density at radius 1 is 1.32 bits per heavy atom. The van der Waals surface area contributed by atoms with Crippen molar-refractivity contribution in [2.75, 3.05) is 6.54 Å². The summed E-state index contributed by atoms with van der Waals surface area (Å²) >= 11 is 1.19. The molecule has 1 unspecified atom stereocenters. The first kappa shape index (κ1) is 14.3. The number of sulfonamides is 1. The summed E-state index contributed by atoms with van der Waals surface area (Å²) in [5.74, 6) is 1.02. The lowest BCUT2D eigenvalue weighted by Gasteiger charge is -2.09. The Hall–Kier alpha value is -1.15. The minimum absolute atomic E-state index is 0.119. The SMILES string of the molecule is Cc1ccc(C(O)CNS(=O)(=O)c2ccc(C)s2)o1. The zero-order valence-electron chi connectivity index (χ0n) is 10.6. The van der Waals surface area contributed by atoms with Gasteiger partial charge < -0.3 is 9.52 Å². The van der Waals surface area contributed by atoms with Crippen LogP contribution in [0.2, 0.25) is 0 Å². The lowest BCUT2D eigenvalue weighted by atomic mass is 10.3. The average molecular weight is 301 g/mol. The molecule has 1 atom stereocenters. The van der Waals surface area contributed by atoms with E-state index in [0.717, 1.165) is 4.88 Å². The molecule has 0 aliphatic heterocycles. The predicted molar refractivity (Wildman–Crippen MR) is 72.6 cm³/mol. The fourth-order valence-corrected chi connectivity index (χ4v) is 3.92. The second-order valence-corrected chi connectivity index (χ2v) is 7.46. The van der Waals surface area contributed by atoms with Crippen molar-refractivity contribution in [1.29, 1.82) is 0 Å². The lowest BCUT2D eigenvalue weighted by molar-refractivity contribution is 0.152. The Labute approximate surface area is 115 Å². The number of nitrogens with one attached hydrogen (secondary N) is 1. The van der Waals surface area contributed by atoms with Gasteiger partial charge >= 0.3 is 0 Å². The Balaban J connectivity index is 2.02. The summed E-state index contributed by atoms with van der Waals surface area (Å²) < 4.78 is 31.7. The maximum absolute atomic E-state index is 11.9. The topological polar surface area (TPSA) is 79.5 Å². The van der Waals surface area contributed by atoms with Crippen molar-refractivity contribution >= 4 is 21.4 Å². The number of aryl methyl sites for hydroxylation is 2. The predicted octanol–water partition coefficient (Wildman–Crippen LogP) is 1.97. The van der Waals surface area contributed by atoms with Crippen molar-refractivity contribution in [2.24, 2.45) is 0 Å². The molecule has 0 spiro atoms. The first-order valence-corrected chi connectivity index (χ1v) is 7.99. The summed E-state index contributed by atoms with van der Waals surface area (Å²) in [5.41, 5.74) is 0. The molecule has 2 aromatic rings. The normalized spacial score (nSPS) is 13.6. The van der Waals surface area contributed by atoms with Gasteiger partial charge in [0.15, 0.2) is 0 Å². The molecule has 2 aromatic heterocycles. The number of aliphatic hydroxyl groups is 1. The highest BCUT2D eigenvalue weighted by Crippen LogP contribution is 2.21. The molecular formula is C12H15NO4S2. The minimum atomic E-state index is -3.57. The highest BCUT2D eigenvalue weighted by molar-refractivity contribution is 7.91. The van der Waals surface area contributed by atoms with Crippen LogP contribution in [0.1, 0.15) is 22.5 Å². The van der Waals surface area contributed by atoms with E-state index >= 15 is 0 Å². The summed E-state index contributed by atoms with van der Waals surface area (Å²) in [5, 5.41) is 9.83. The Kier molecular flexibility index (Phi) is 4.10. The van der Waals surface area contributed by atoms with Gasteiger partial charge in [-0.2, -0.15) is 0 Å². The summed E-state index contributed by atoms with van der Waals surface area (Å²) in [7, 11) is -3.57. The molecule has 0 bridgehead atoms. The van der Waals surface area contributed by atoms with Gasteiger partial charge in [-0.25, -0.2) is 13.1 Å². The fraction of sp³-hybridized carbons (Fsp3) is 0.333. The number of aliphatic hydroxyl groups excluding tert-OH is 1. The number of furan rings is 1. The van der Waals surface area contributed by atoms with Crippen LogP contribution in [0, 0.1) is 13.8 Å². The van der Waals surface area contributed by atoms with Gasteiger partial charge in [-0.3, -0.25) is 0 Å². The molecule has 2 rings (SSSR count).